The van der Waals surface area contributed by atoms with Crippen LogP contribution < -0.4 is 14.2 Å². The van der Waals surface area contributed by atoms with Crippen LogP contribution in [0.25, 0.3) is 0 Å². The topological polar surface area (TPSA) is 63.6 Å². The Morgan fingerprint density at radius 2 is 1.26 bits per heavy atom. The summed E-state index contributed by atoms with van der Waals surface area (Å²) < 4.78 is 22.0. The van der Waals surface area contributed by atoms with E-state index in [0.717, 1.165) is 31.7 Å². The number of nitrogens with zero attached hydrogens (tertiary/aromatic N) is 2. The first-order chi connectivity index (χ1) is 18.1. The molecule has 39 heavy (non-hydrogen) atoms. The highest BCUT2D eigenvalue weighted by molar-refractivity contribution is 5.85. The van der Waals surface area contributed by atoms with Crippen LogP contribution in [0.15, 0.2) is 72.8 Å². The standard InChI is InChI=1S/C30H38N2O5.2ClH/c1-34-27-18-23(19-28(35-2)30(27)36-3)21-37-22-26(33)20-31-14-16-32(17-15-31)29(24-10-6-4-7-11-24)25-12-8-5-9-13-25;;/h4-13,18-19,26,29,33H,14-17,20-22H2,1-3H3;2*1H. The fourth-order valence-corrected chi connectivity index (χ4v) is 4.97. The molecular formula is C30H40Cl2N2O5. The highest BCUT2D eigenvalue weighted by atomic mass is 35.5. The van der Waals surface area contributed by atoms with E-state index in [2.05, 4.69) is 70.5 Å². The lowest BCUT2D eigenvalue weighted by molar-refractivity contribution is -0.000774. The monoisotopic (exact) mass is 578 g/mol. The first kappa shape index (κ1) is 32.7. The molecular weight excluding hydrogens is 539 g/mol. The minimum absolute atomic E-state index is 0. The molecule has 214 valence electrons. The van der Waals surface area contributed by atoms with Gasteiger partial charge in [0, 0.05) is 32.7 Å². The molecule has 0 amide bonds. The lowest BCUT2D eigenvalue weighted by atomic mass is 9.96. The average Bonchev–Trinajstić information content (AvgIpc) is 2.94. The van der Waals surface area contributed by atoms with Crippen LogP contribution in [0.3, 0.4) is 0 Å². The van der Waals surface area contributed by atoms with Gasteiger partial charge in [0.25, 0.3) is 0 Å². The number of piperazine rings is 1. The van der Waals surface area contributed by atoms with Crippen molar-refractivity contribution in [1.82, 2.24) is 9.80 Å². The maximum atomic E-state index is 10.6. The van der Waals surface area contributed by atoms with Gasteiger partial charge in [0.1, 0.15) is 0 Å². The molecule has 0 aliphatic carbocycles. The smallest absolute Gasteiger partial charge is 0.203 e. The first-order valence-corrected chi connectivity index (χ1v) is 12.7. The molecule has 1 aliphatic rings. The van der Waals surface area contributed by atoms with Crippen molar-refractivity contribution in [3.63, 3.8) is 0 Å². The highest BCUT2D eigenvalue weighted by Crippen LogP contribution is 2.38. The van der Waals surface area contributed by atoms with Crippen LogP contribution in [-0.4, -0.2) is 81.7 Å². The van der Waals surface area contributed by atoms with Gasteiger partial charge in [-0.25, -0.2) is 0 Å². The largest absolute Gasteiger partial charge is 0.493 e. The quantitative estimate of drug-likeness (QED) is 0.330. The van der Waals surface area contributed by atoms with Crippen molar-refractivity contribution in [2.24, 2.45) is 0 Å². The number of methoxy groups -OCH3 is 3. The summed E-state index contributed by atoms with van der Waals surface area (Å²) in [6, 6.07) is 25.3. The maximum absolute atomic E-state index is 10.6. The van der Waals surface area contributed by atoms with Gasteiger partial charge < -0.3 is 24.1 Å². The van der Waals surface area contributed by atoms with Gasteiger partial charge in [-0.15, -0.1) is 24.8 Å². The van der Waals surface area contributed by atoms with E-state index in [9.17, 15) is 5.11 Å². The van der Waals surface area contributed by atoms with Gasteiger partial charge in [0.2, 0.25) is 5.75 Å². The van der Waals surface area contributed by atoms with Crippen molar-refractivity contribution in [3.05, 3.63) is 89.5 Å². The number of rotatable bonds is 12. The Hall–Kier alpha value is -2.52. The minimum atomic E-state index is -0.562. The summed E-state index contributed by atoms with van der Waals surface area (Å²) in [5.41, 5.74) is 3.51. The second-order valence-electron chi connectivity index (χ2n) is 9.26. The second kappa shape index (κ2) is 16.6. The molecule has 9 heteroatoms. The van der Waals surface area contributed by atoms with Crippen molar-refractivity contribution in [2.75, 3.05) is 60.7 Å². The molecule has 0 aromatic heterocycles. The van der Waals surface area contributed by atoms with Crippen LogP contribution in [0.4, 0.5) is 0 Å². The molecule has 0 spiro atoms. The zero-order valence-electron chi connectivity index (χ0n) is 22.8. The molecule has 0 bridgehead atoms. The van der Waals surface area contributed by atoms with Gasteiger partial charge in [0.15, 0.2) is 11.5 Å². The van der Waals surface area contributed by atoms with Gasteiger partial charge >= 0.3 is 0 Å². The van der Waals surface area contributed by atoms with E-state index in [1.807, 2.05) is 12.1 Å². The molecule has 7 nitrogen and oxygen atoms in total. The number of aliphatic hydroxyl groups excluding tert-OH is 1. The van der Waals surface area contributed by atoms with Gasteiger partial charge in [0.05, 0.1) is 46.7 Å². The molecule has 0 saturated carbocycles. The Morgan fingerprint density at radius 1 is 0.744 bits per heavy atom. The van der Waals surface area contributed by atoms with E-state index < -0.39 is 6.10 Å². The summed E-state index contributed by atoms with van der Waals surface area (Å²) in [5.74, 6) is 1.72. The molecule has 1 heterocycles. The maximum Gasteiger partial charge on any atom is 0.203 e. The molecule has 4 rings (SSSR count). The summed E-state index contributed by atoms with van der Waals surface area (Å²) in [6.45, 7) is 4.87. The van der Waals surface area contributed by atoms with E-state index in [1.165, 1.54) is 11.1 Å². The molecule has 1 N–H and O–H groups in total. The fourth-order valence-electron chi connectivity index (χ4n) is 4.97. The van der Waals surface area contributed by atoms with Crippen molar-refractivity contribution in [1.29, 1.82) is 0 Å². The van der Waals surface area contributed by atoms with Crippen molar-refractivity contribution in [3.8, 4) is 17.2 Å². The van der Waals surface area contributed by atoms with Gasteiger partial charge in [-0.05, 0) is 28.8 Å². The van der Waals surface area contributed by atoms with E-state index in [1.54, 1.807) is 21.3 Å². The van der Waals surface area contributed by atoms with Crippen molar-refractivity contribution in [2.45, 2.75) is 18.8 Å². The molecule has 1 fully saturated rings. The lowest BCUT2D eigenvalue weighted by Crippen LogP contribution is -2.50. The average molecular weight is 580 g/mol. The predicted octanol–water partition coefficient (Wildman–Crippen LogP) is 4.84. The third-order valence-corrected chi connectivity index (χ3v) is 6.78. The normalized spacial score (nSPS) is 14.7. The zero-order valence-corrected chi connectivity index (χ0v) is 24.5. The second-order valence-corrected chi connectivity index (χ2v) is 9.26. The lowest BCUT2D eigenvalue weighted by Gasteiger charge is -2.40. The third-order valence-electron chi connectivity index (χ3n) is 6.78. The molecule has 1 aliphatic heterocycles. The van der Waals surface area contributed by atoms with Crippen LogP contribution >= 0.6 is 24.8 Å². The number of aliphatic hydroxyl groups is 1. The molecule has 1 unspecified atom stereocenters. The Labute approximate surface area is 244 Å². The number of hydrogen-bond donors (Lipinski definition) is 1. The summed E-state index contributed by atoms with van der Waals surface area (Å²) in [6.07, 6.45) is -0.562. The zero-order chi connectivity index (χ0) is 26.0. The molecule has 3 aromatic rings. The molecule has 1 atom stereocenters. The third kappa shape index (κ3) is 8.73. The van der Waals surface area contributed by atoms with E-state index in [-0.39, 0.29) is 37.5 Å². The fraction of sp³-hybridized carbons (Fsp3) is 0.400. The predicted molar refractivity (Wildman–Crippen MR) is 159 cm³/mol. The van der Waals surface area contributed by atoms with Gasteiger partial charge in [-0.2, -0.15) is 0 Å². The molecule has 3 aromatic carbocycles. The number of ether oxygens (including phenoxy) is 4. The van der Waals surface area contributed by atoms with Crippen molar-refractivity contribution < 1.29 is 24.1 Å². The van der Waals surface area contributed by atoms with E-state index in [0.29, 0.717) is 30.4 Å². The van der Waals surface area contributed by atoms with Crippen LogP contribution in [0.5, 0.6) is 17.2 Å². The van der Waals surface area contributed by atoms with Gasteiger partial charge in [-0.1, -0.05) is 60.7 Å². The summed E-state index contributed by atoms with van der Waals surface area (Å²) >= 11 is 0. The van der Waals surface area contributed by atoms with Crippen molar-refractivity contribution >= 4 is 24.8 Å². The molecule has 0 radical (unpaired) electrons. The van der Waals surface area contributed by atoms with E-state index >= 15 is 0 Å². The Bertz CT molecular complexity index is 1030. The Balaban J connectivity index is 0.00000267. The van der Waals surface area contributed by atoms with Crippen LogP contribution in [-0.2, 0) is 11.3 Å². The Kier molecular flexibility index (Phi) is 13.9. The summed E-state index contributed by atoms with van der Waals surface area (Å²) in [7, 11) is 4.76. The van der Waals surface area contributed by atoms with Crippen LogP contribution in [0.1, 0.15) is 22.7 Å². The number of β-amino-alcohol motifs (C(OH)–C–C–N with tert-alkyl or cyclic N) is 1. The minimum Gasteiger partial charge on any atom is -0.493 e. The first-order valence-electron chi connectivity index (χ1n) is 12.7. The summed E-state index contributed by atoms with van der Waals surface area (Å²) in [4.78, 5) is 4.85. The van der Waals surface area contributed by atoms with Crippen LogP contribution in [0, 0.1) is 0 Å². The summed E-state index contributed by atoms with van der Waals surface area (Å²) in [5, 5.41) is 10.6. The number of hydrogen-bond acceptors (Lipinski definition) is 7. The number of benzene rings is 3. The van der Waals surface area contributed by atoms with E-state index in [4.69, 9.17) is 18.9 Å². The number of halogens is 2. The van der Waals surface area contributed by atoms with Gasteiger partial charge in [-0.3, -0.25) is 9.80 Å². The molecule has 1 saturated heterocycles. The Morgan fingerprint density at radius 3 is 1.72 bits per heavy atom. The highest BCUT2D eigenvalue weighted by Gasteiger charge is 2.27. The van der Waals surface area contributed by atoms with Crippen LogP contribution in [0.2, 0.25) is 0 Å². The SMILES string of the molecule is COc1cc(COCC(O)CN2CCN(C(c3ccccc3)c3ccccc3)CC2)cc(OC)c1OC.Cl.Cl.